The average molecular weight is 238 g/mol. The normalized spacial score (nSPS) is 17.1. The van der Waals surface area contributed by atoms with Gasteiger partial charge in [0.2, 0.25) is 5.88 Å². The zero-order chi connectivity index (χ0) is 11.2. The number of nitrogens with zero attached hydrogens (tertiary/aromatic N) is 1. The first-order valence-electron chi connectivity index (χ1n) is 5.70. The van der Waals surface area contributed by atoms with Crippen LogP contribution in [-0.2, 0) is 0 Å². The zero-order valence-corrected chi connectivity index (χ0v) is 10.4. The molecule has 2 rings (SSSR count). The van der Waals surface area contributed by atoms with E-state index in [0.29, 0.717) is 5.88 Å². The van der Waals surface area contributed by atoms with Crippen LogP contribution in [0.1, 0.15) is 12.8 Å². The summed E-state index contributed by atoms with van der Waals surface area (Å²) in [7, 11) is 1.64. The molecule has 1 saturated heterocycles. The quantitative estimate of drug-likeness (QED) is 0.874. The summed E-state index contributed by atoms with van der Waals surface area (Å²) in [6.45, 7) is 1.06. The molecule has 0 bridgehead atoms. The number of nitrogens with one attached hydrogen (secondary N) is 1. The average Bonchev–Trinajstić information content (AvgIpc) is 2.38. The Hall–Kier alpha value is -0.900. The van der Waals surface area contributed by atoms with E-state index >= 15 is 0 Å². The summed E-state index contributed by atoms with van der Waals surface area (Å²) >= 11 is 2.07. The zero-order valence-electron chi connectivity index (χ0n) is 9.61. The molecule has 1 fully saturated rings. The van der Waals surface area contributed by atoms with E-state index in [1.165, 1.54) is 24.3 Å². The number of anilines is 1. The molecular weight excluding hydrogens is 220 g/mol. The van der Waals surface area contributed by atoms with Crippen molar-refractivity contribution in [3.05, 3.63) is 18.3 Å². The van der Waals surface area contributed by atoms with Gasteiger partial charge < -0.3 is 10.1 Å². The molecule has 0 atom stereocenters. The van der Waals surface area contributed by atoms with E-state index in [4.69, 9.17) is 4.74 Å². The van der Waals surface area contributed by atoms with Crippen LogP contribution in [0.25, 0.3) is 0 Å². The molecule has 0 radical (unpaired) electrons. The van der Waals surface area contributed by atoms with Gasteiger partial charge >= 0.3 is 0 Å². The minimum Gasteiger partial charge on any atom is -0.481 e. The Bertz CT molecular complexity index is 327. The van der Waals surface area contributed by atoms with E-state index in [0.717, 1.165) is 18.2 Å². The molecule has 3 nitrogen and oxygen atoms in total. The first-order chi connectivity index (χ1) is 7.88. The van der Waals surface area contributed by atoms with Crippen LogP contribution in [0.15, 0.2) is 18.3 Å². The SMILES string of the molecule is COc1cc(NCC2CCSCC2)ccn1. The lowest BCUT2D eigenvalue weighted by molar-refractivity contribution is 0.398. The second-order valence-electron chi connectivity index (χ2n) is 4.02. The Balaban J connectivity index is 1.83. The third kappa shape index (κ3) is 3.30. The summed E-state index contributed by atoms with van der Waals surface area (Å²) < 4.78 is 5.09. The van der Waals surface area contributed by atoms with Crippen molar-refractivity contribution in [3.63, 3.8) is 0 Å². The lowest BCUT2D eigenvalue weighted by Crippen LogP contribution is -2.19. The maximum Gasteiger partial charge on any atom is 0.214 e. The number of hydrogen-bond donors (Lipinski definition) is 1. The van der Waals surface area contributed by atoms with Gasteiger partial charge in [-0.2, -0.15) is 11.8 Å². The van der Waals surface area contributed by atoms with Gasteiger partial charge in [0, 0.05) is 24.5 Å². The Kier molecular flexibility index (Phi) is 4.34. The molecule has 0 amide bonds. The van der Waals surface area contributed by atoms with E-state index < -0.39 is 0 Å². The molecular formula is C12H18N2OS. The summed E-state index contributed by atoms with van der Waals surface area (Å²) in [5.41, 5.74) is 1.10. The van der Waals surface area contributed by atoms with Crippen LogP contribution in [0.5, 0.6) is 5.88 Å². The Morgan fingerprint density at radius 1 is 1.50 bits per heavy atom. The second-order valence-corrected chi connectivity index (χ2v) is 5.25. The standard InChI is InChI=1S/C12H18N2OS/c1-15-12-8-11(2-5-13-12)14-9-10-3-6-16-7-4-10/h2,5,8,10H,3-4,6-7,9H2,1H3,(H,13,14). The molecule has 0 aliphatic carbocycles. The number of thioether (sulfide) groups is 1. The van der Waals surface area contributed by atoms with Gasteiger partial charge in [0.15, 0.2) is 0 Å². The molecule has 1 aromatic heterocycles. The smallest absolute Gasteiger partial charge is 0.214 e. The van der Waals surface area contributed by atoms with Crippen LogP contribution in [0.4, 0.5) is 5.69 Å². The fourth-order valence-electron chi connectivity index (χ4n) is 1.84. The van der Waals surface area contributed by atoms with Crippen LogP contribution < -0.4 is 10.1 Å². The lowest BCUT2D eigenvalue weighted by atomic mass is 10.0. The number of ether oxygens (including phenoxy) is 1. The van der Waals surface area contributed by atoms with Crippen molar-refractivity contribution in [1.82, 2.24) is 4.98 Å². The number of rotatable bonds is 4. The highest BCUT2D eigenvalue weighted by Gasteiger charge is 2.13. The lowest BCUT2D eigenvalue weighted by Gasteiger charge is -2.22. The molecule has 1 aliphatic heterocycles. The Morgan fingerprint density at radius 3 is 3.06 bits per heavy atom. The first-order valence-corrected chi connectivity index (χ1v) is 6.85. The minimum atomic E-state index is 0.671. The van der Waals surface area contributed by atoms with Crippen LogP contribution in [0.3, 0.4) is 0 Å². The largest absolute Gasteiger partial charge is 0.481 e. The van der Waals surface area contributed by atoms with Crippen molar-refractivity contribution in [1.29, 1.82) is 0 Å². The highest BCUT2D eigenvalue weighted by atomic mass is 32.2. The number of pyridine rings is 1. The predicted molar refractivity (Wildman–Crippen MR) is 69.3 cm³/mol. The second kappa shape index (κ2) is 5.99. The highest BCUT2D eigenvalue weighted by molar-refractivity contribution is 7.99. The number of methoxy groups -OCH3 is 1. The molecule has 88 valence electrons. The van der Waals surface area contributed by atoms with Crippen molar-refractivity contribution in [2.24, 2.45) is 5.92 Å². The number of aromatic nitrogens is 1. The molecule has 0 unspecified atom stereocenters. The fourth-order valence-corrected chi connectivity index (χ4v) is 3.05. The highest BCUT2D eigenvalue weighted by Crippen LogP contribution is 2.23. The Labute approximate surface area is 101 Å². The van der Waals surface area contributed by atoms with Crippen LogP contribution in [0, 0.1) is 5.92 Å². The third-order valence-corrected chi connectivity index (χ3v) is 3.93. The molecule has 0 saturated carbocycles. The fraction of sp³-hybridized carbons (Fsp3) is 0.583. The molecule has 4 heteroatoms. The van der Waals surface area contributed by atoms with E-state index in [2.05, 4.69) is 22.1 Å². The van der Waals surface area contributed by atoms with Crippen molar-refractivity contribution >= 4 is 17.4 Å². The van der Waals surface area contributed by atoms with Gasteiger partial charge in [0.05, 0.1) is 7.11 Å². The topological polar surface area (TPSA) is 34.1 Å². The Morgan fingerprint density at radius 2 is 2.31 bits per heavy atom. The van der Waals surface area contributed by atoms with Crippen LogP contribution in [0.2, 0.25) is 0 Å². The maximum atomic E-state index is 5.09. The molecule has 2 heterocycles. The summed E-state index contributed by atoms with van der Waals surface area (Å²) in [5, 5.41) is 3.46. The van der Waals surface area contributed by atoms with E-state index in [1.54, 1.807) is 13.3 Å². The number of hydrogen-bond acceptors (Lipinski definition) is 4. The summed E-state index contributed by atoms with van der Waals surface area (Å²) in [5.74, 6) is 4.11. The van der Waals surface area contributed by atoms with Crippen LogP contribution in [-0.4, -0.2) is 30.1 Å². The van der Waals surface area contributed by atoms with E-state index in [9.17, 15) is 0 Å². The van der Waals surface area contributed by atoms with Crippen molar-refractivity contribution in [3.8, 4) is 5.88 Å². The maximum absolute atomic E-state index is 5.09. The molecule has 1 aromatic rings. The summed E-state index contributed by atoms with van der Waals surface area (Å²) in [6.07, 6.45) is 4.44. The van der Waals surface area contributed by atoms with Gasteiger partial charge in [-0.25, -0.2) is 4.98 Å². The first kappa shape index (κ1) is 11.6. The third-order valence-electron chi connectivity index (χ3n) is 2.88. The van der Waals surface area contributed by atoms with Gasteiger partial charge in [-0.15, -0.1) is 0 Å². The van der Waals surface area contributed by atoms with Gasteiger partial charge in [0.1, 0.15) is 0 Å². The van der Waals surface area contributed by atoms with Gasteiger partial charge in [0.25, 0.3) is 0 Å². The molecule has 0 aromatic carbocycles. The predicted octanol–water partition coefficient (Wildman–Crippen LogP) is 2.65. The van der Waals surface area contributed by atoms with E-state index in [-0.39, 0.29) is 0 Å². The summed E-state index contributed by atoms with van der Waals surface area (Å²) in [4.78, 5) is 4.09. The van der Waals surface area contributed by atoms with Crippen molar-refractivity contribution < 1.29 is 4.74 Å². The van der Waals surface area contributed by atoms with Crippen LogP contribution >= 0.6 is 11.8 Å². The van der Waals surface area contributed by atoms with Gasteiger partial charge in [-0.05, 0) is 36.3 Å². The van der Waals surface area contributed by atoms with Crippen molar-refractivity contribution in [2.75, 3.05) is 30.5 Å². The molecule has 1 N–H and O–H groups in total. The van der Waals surface area contributed by atoms with Gasteiger partial charge in [-0.1, -0.05) is 0 Å². The molecule has 0 spiro atoms. The van der Waals surface area contributed by atoms with Crippen molar-refractivity contribution in [2.45, 2.75) is 12.8 Å². The minimum absolute atomic E-state index is 0.671. The monoisotopic (exact) mass is 238 g/mol. The molecule has 1 aliphatic rings. The molecule has 16 heavy (non-hydrogen) atoms. The van der Waals surface area contributed by atoms with Gasteiger partial charge in [-0.3, -0.25) is 0 Å². The van der Waals surface area contributed by atoms with E-state index in [1.807, 2.05) is 12.1 Å². The summed E-state index contributed by atoms with van der Waals surface area (Å²) in [6, 6.07) is 3.93.